The Kier molecular flexibility index (Phi) is 2.64. The molecule has 128 valence electrons. The third kappa shape index (κ3) is 1.31. The number of Topliss-reactive ketones (excluding diaryl/α,β-unsaturated/α-hetero) is 1. The maximum absolute atomic E-state index is 12.7. The highest BCUT2D eigenvalue weighted by Gasteiger charge is 2.75. The number of methoxy groups -OCH3 is 1. The van der Waals surface area contributed by atoms with Crippen LogP contribution in [0.25, 0.3) is 0 Å². The average molecular weight is 331 g/mol. The predicted octanol–water partition coefficient (Wildman–Crippen LogP) is 0.0190. The molecule has 24 heavy (non-hydrogen) atoms. The van der Waals surface area contributed by atoms with Crippen LogP contribution in [0.2, 0.25) is 0 Å². The van der Waals surface area contributed by atoms with E-state index in [2.05, 4.69) is 4.90 Å². The fourth-order valence-electron chi connectivity index (χ4n) is 5.73. The third-order valence-corrected chi connectivity index (χ3v) is 6.78. The third-order valence-electron chi connectivity index (χ3n) is 6.78. The van der Waals surface area contributed by atoms with Crippen molar-refractivity contribution in [2.45, 2.75) is 48.5 Å². The molecule has 2 aliphatic heterocycles. The molecule has 5 rings (SSSR count). The van der Waals surface area contributed by atoms with Crippen LogP contribution in [-0.2, 0) is 16.6 Å². The van der Waals surface area contributed by atoms with Crippen molar-refractivity contribution in [2.75, 3.05) is 20.7 Å². The lowest BCUT2D eigenvalue weighted by Crippen LogP contribution is -2.80. The number of likely N-dealkylation sites (tertiary alicyclic amines) is 1. The van der Waals surface area contributed by atoms with Crippen molar-refractivity contribution in [2.24, 2.45) is 0 Å². The SMILES string of the molecule is COc1ccc2c3c1O[C@H]1C(=O)C[C@H](O)C4(O)[C@@H](C2)N(C)CC[C@]314. The summed E-state index contributed by atoms with van der Waals surface area (Å²) in [5.74, 6) is 1.02. The van der Waals surface area contributed by atoms with Crippen LogP contribution >= 0.6 is 0 Å². The first-order chi connectivity index (χ1) is 11.4. The van der Waals surface area contributed by atoms with Crippen LogP contribution in [0, 0.1) is 0 Å². The number of piperidine rings is 1. The first kappa shape index (κ1) is 14.7. The van der Waals surface area contributed by atoms with Gasteiger partial charge < -0.3 is 24.6 Å². The highest BCUT2D eigenvalue weighted by molar-refractivity contribution is 5.90. The van der Waals surface area contributed by atoms with E-state index >= 15 is 0 Å². The molecule has 1 saturated carbocycles. The minimum atomic E-state index is -1.39. The Morgan fingerprint density at radius 1 is 1.38 bits per heavy atom. The Morgan fingerprint density at radius 3 is 2.92 bits per heavy atom. The molecule has 1 spiro atoms. The van der Waals surface area contributed by atoms with Crippen LogP contribution in [0.5, 0.6) is 11.5 Å². The molecule has 4 aliphatic rings. The normalized spacial score (nSPS) is 42.5. The first-order valence-electron chi connectivity index (χ1n) is 8.45. The van der Waals surface area contributed by atoms with E-state index < -0.39 is 23.2 Å². The molecule has 2 bridgehead atoms. The Labute approximate surface area is 140 Å². The van der Waals surface area contributed by atoms with Gasteiger partial charge in [0.1, 0.15) is 5.60 Å². The van der Waals surface area contributed by atoms with Gasteiger partial charge in [-0.3, -0.25) is 4.79 Å². The first-order valence-corrected chi connectivity index (χ1v) is 8.45. The predicted molar refractivity (Wildman–Crippen MR) is 84.4 cm³/mol. The van der Waals surface area contributed by atoms with Crippen molar-refractivity contribution >= 4 is 5.78 Å². The summed E-state index contributed by atoms with van der Waals surface area (Å²) in [6, 6.07) is 3.64. The number of hydrogen-bond donors (Lipinski definition) is 2. The van der Waals surface area contributed by atoms with Crippen molar-refractivity contribution in [1.29, 1.82) is 0 Å². The molecule has 1 unspecified atom stereocenters. The minimum Gasteiger partial charge on any atom is -0.493 e. The molecule has 0 radical (unpaired) electrons. The molecule has 2 N–H and O–H groups in total. The molecular formula is C18H21NO5. The highest BCUT2D eigenvalue weighted by Crippen LogP contribution is 2.64. The van der Waals surface area contributed by atoms with Gasteiger partial charge in [-0.05, 0) is 38.1 Å². The standard InChI is InChI=1S/C18H21NO5/c1-19-6-5-17-14-9-3-4-11(23-2)15(14)24-16(17)10(20)8-13(21)18(17,22)12(19)7-9/h3-4,12-13,16,21-22H,5-8H2,1-2H3/t12-,13+,16+,17+,18?/m1/s1. The van der Waals surface area contributed by atoms with Gasteiger partial charge in [0.25, 0.3) is 0 Å². The Hall–Kier alpha value is -1.63. The van der Waals surface area contributed by atoms with Gasteiger partial charge in [0.05, 0.1) is 18.6 Å². The van der Waals surface area contributed by atoms with Crippen LogP contribution in [0.3, 0.4) is 0 Å². The maximum atomic E-state index is 12.7. The van der Waals surface area contributed by atoms with E-state index in [1.807, 2.05) is 19.2 Å². The van der Waals surface area contributed by atoms with E-state index in [9.17, 15) is 15.0 Å². The molecule has 1 saturated heterocycles. The molecule has 2 heterocycles. The second kappa shape index (κ2) is 4.31. The number of aliphatic hydroxyl groups excluding tert-OH is 1. The Balaban J connectivity index is 1.87. The summed E-state index contributed by atoms with van der Waals surface area (Å²) in [7, 11) is 3.54. The van der Waals surface area contributed by atoms with Crippen molar-refractivity contribution in [3.05, 3.63) is 23.3 Å². The van der Waals surface area contributed by atoms with Gasteiger partial charge in [0.2, 0.25) is 0 Å². The summed E-state index contributed by atoms with van der Waals surface area (Å²) in [5, 5.41) is 22.5. The van der Waals surface area contributed by atoms with E-state index in [4.69, 9.17) is 9.47 Å². The van der Waals surface area contributed by atoms with Gasteiger partial charge >= 0.3 is 0 Å². The highest BCUT2D eigenvalue weighted by atomic mass is 16.5. The van der Waals surface area contributed by atoms with Gasteiger partial charge in [0, 0.05) is 18.0 Å². The second-order valence-corrected chi connectivity index (χ2v) is 7.56. The van der Waals surface area contributed by atoms with Gasteiger partial charge in [-0.15, -0.1) is 0 Å². The number of nitrogens with zero attached hydrogens (tertiary/aromatic N) is 1. The Morgan fingerprint density at radius 2 is 2.17 bits per heavy atom. The van der Waals surface area contributed by atoms with Crippen molar-refractivity contribution in [3.8, 4) is 11.5 Å². The zero-order chi connectivity index (χ0) is 16.9. The molecule has 2 fully saturated rings. The number of ketones is 1. The quantitative estimate of drug-likeness (QED) is 0.755. The summed E-state index contributed by atoms with van der Waals surface area (Å²) in [5.41, 5.74) is -0.304. The number of benzene rings is 1. The van der Waals surface area contributed by atoms with Crippen molar-refractivity contribution in [3.63, 3.8) is 0 Å². The number of ether oxygens (including phenoxy) is 2. The fourth-order valence-corrected chi connectivity index (χ4v) is 5.73. The number of hydrogen-bond acceptors (Lipinski definition) is 6. The molecule has 6 heteroatoms. The molecule has 0 aromatic heterocycles. The number of carbonyl (C=O) groups excluding carboxylic acids is 1. The minimum absolute atomic E-state index is 0.0705. The lowest BCUT2D eigenvalue weighted by atomic mass is 9.48. The molecule has 1 aromatic rings. The lowest BCUT2D eigenvalue weighted by Gasteiger charge is -2.63. The van der Waals surface area contributed by atoms with E-state index in [1.54, 1.807) is 7.11 Å². The van der Waals surface area contributed by atoms with E-state index in [1.165, 1.54) is 0 Å². The summed E-state index contributed by atoms with van der Waals surface area (Å²) in [4.78, 5) is 14.8. The summed E-state index contributed by atoms with van der Waals surface area (Å²) in [6.45, 7) is 0.753. The van der Waals surface area contributed by atoms with Gasteiger partial charge in [-0.1, -0.05) is 6.07 Å². The van der Waals surface area contributed by atoms with Crippen molar-refractivity contribution in [1.82, 2.24) is 4.90 Å². The number of carbonyl (C=O) groups is 1. The summed E-state index contributed by atoms with van der Waals surface area (Å²) in [6.07, 6.45) is -0.686. The molecule has 1 aromatic carbocycles. The summed E-state index contributed by atoms with van der Waals surface area (Å²) < 4.78 is 11.5. The zero-order valence-corrected chi connectivity index (χ0v) is 13.8. The van der Waals surface area contributed by atoms with Gasteiger partial charge in [-0.25, -0.2) is 0 Å². The van der Waals surface area contributed by atoms with E-state index in [-0.39, 0.29) is 18.2 Å². The number of likely N-dealkylation sites (N-methyl/N-ethyl adjacent to an activating group) is 1. The van der Waals surface area contributed by atoms with Gasteiger partial charge in [-0.2, -0.15) is 0 Å². The molecule has 5 atom stereocenters. The zero-order valence-electron chi connectivity index (χ0n) is 13.8. The second-order valence-electron chi connectivity index (χ2n) is 7.56. The Bertz CT molecular complexity index is 764. The molecule has 6 nitrogen and oxygen atoms in total. The van der Waals surface area contributed by atoms with Crippen LogP contribution in [-0.4, -0.2) is 65.4 Å². The largest absolute Gasteiger partial charge is 0.493 e. The number of aliphatic hydroxyl groups is 2. The van der Waals surface area contributed by atoms with Crippen LogP contribution in [0.4, 0.5) is 0 Å². The molecule has 0 amide bonds. The topological polar surface area (TPSA) is 79.2 Å². The van der Waals surface area contributed by atoms with Crippen LogP contribution in [0.1, 0.15) is 24.0 Å². The van der Waals surface area contributed by atoms with E-state index in [0.29, 0.717) is 24.3 Å². The van der Waals surface area contributed by atoms with Crippen LogP contribution in [0.15, 0.2) is 12.1 Å². The lowest BCUT2D eigenvalue weighted by molar-refractivity contribution is -0.226. The summed E-state index contributed by atoms with van der Waals surface area (Å²) >= 11 is 0. The number of rotatable bonds is 1. The van der Waals surface area contributed by atoms with Crippen LogP contribution < -0.4 is 9.47 Å². The smallest absolute Gasteiger partial charge is 0.177 e. The molecular weight excluding hydrogens is 310 g/mol. The maximum Gasteiger partial charge on any atom is 0.177 e. The monoisotopic (exact) mass is 331 g/mol. The fraction of sp³-hybridized carbons (Fsp3) is 0.611. The van der Waals surface area contributed by atoms with Gasteiger partial charge in [0.15, 0.2) is 23.4 Å². The average Bonchev–Trinajstić information content (AvgIpc) is 2.91. The van der Waals surface area contributed by atoms with E-state index in [0.717, 1.165) is 17.7 Å². The molecule has 2 aliphatic carbocycles. The van der Waals surface area contributed by atoms with Crippen molar-refractivity contribution < 1.29 is 24.5 Å².